The van der Waals surface area contributed by atoms with Gasteiger partial charge in [0.1, 0.15) is 6.61 Å². The monoisotopic (exact) mass is 435 g/mol. The van der Waals surface area contributed by atoms with Gasteiger partial charge in [0.15, 0.2) is 11.5 Å². The molecule has 0 atom stereocenters. The molecule has 0 saturated heterocycles. The molecule has 1 N–H and O–H groups in total. The van der Waals surface area contributed by atoms with E-state index in [2.05, 4.69) is 55.2 Å². The van der Waals surface area contributed by atoms with E-state index in [1.807, 2.05) is 37.3 Å². The molecule has 0 aromatic heterocycles. The normalized spacial score (nSPS) is 10.5. The van der Waals surface area contributed by atoms with Crippen LogP contribution >= 0.6 is 11.6 Å². The molecule has 0 aliphatic rings. The molecule has 31 heavy (non-hydrogen) atoms. The Hall–Kier alpha value is -2.91. The molecule has 0 bridgehead atoms. The molecule has 0 amide bonds. The van der Waals surface area contributed by atoms with E-state index in [1.165, 1.54) is 5.56 Å². The molecule has 0 radical (unpaired) electrons. The molecule has 3 rings (SSSR count). The highest BCUT2D eigenvalue weighted by atomic mass is 35.5. The summed E-state index contributed by atoms with van der Waals surface area (Å²) in [5.41, 5.74) is 5.73. The van der Waals surface area contributed by atoms with Gasteiger partial charge in [-0.15, -0.1) is 6.58 Å². The lowest BCUT2D eigenvalue weighted by Gasteiger charge is -2.18. The Bertz CT molecular complexity index is 999. The number of ether oxygens (including phenoxy) is 2. The number of anilines is 1. The Balaban J connectivity index is 1.84. The maximum Gasteiger partial charge on any atom is 0.165 e. The number of rotatable bonds is 11. The summed E-state index contributed by atoms with van der Waals surface area (Å²) in [7, 11) is 0. The number of nitrogens with one attached hydrogen (secondary N) is 1. The molecule has 0 aliphatic heterocycles. The number of aryl methyl sites for hydroxylation is 1. The number of halogens is 1. The molecule has 0 unspecified atom stereocenters. The Kier molecular flexibility index (Phi) is 8.43. The number of para-hydroxylation sites is 1. The molecule has 4 heteroatoms. The lowest BCUT2D eigenvalue weighted by Crippen LogP contribution is -2.06. The highest BCUT2D eigenvalue weighted by Crippen LogP contribution is 2.35. The molecule has 3 aromatic rings. The fourth-order valence-corrected chi connectivity index (χ4v) is 3.62. The molecule has 0 fully saturated rings. The minimum Gasteiger partial charge on any atom is -0.490 e. The zero-order valence-corrected chi connectivity index (χ0v) is 19.0. The predicted octanol–water partition coefficient (Wildman–Crippen LogP) is 7.22. The summed E-state index contributed by atoms with van der Waals surface area (Å²) in [5.74, 6) is 1.53. The van der Waals surface area contributed by atoms with Gasteiger partial charge in [-0.3, -0.25) is 0 Å². The SMILES string of the molecule is C=CCc1cc(CNc2ccccc2CC)cc(OCC)c1OCc1ccc(Cl)cc1. The second kappa shape index (κ2) is 11.5. The molecular weight excluding hydrogens is 406 g/mol. The van der Waals surface area contributed by atoms with Gasteiger partial charge in [0.2, 0.25) is 0 Å². The van der Waals surface area contributed by atoms with Crippen LogP contribution in [0.5, 0.6) is 11.5 Å². The van der Waals surface area contributed by atoms with Crippen LogP contribution in [0.25, 0.3) is 0 Å². The first kappa shape index (κ1) is 22.8. The van der Waals surface area contributed by atoms with Gasteiger partial charge < -0.3 is 14.8 Å². The molecule has 162 valence electrons. The summed E-state index contributed by atoms with van der Waals surface area (Å²) in [5, 5.41) is 4.28. The maximum atomic E-state index is 6.22. The molecule has 0 saturated carbocycles. The minimum absolute atomic E-state index is 0.447. The Morgan fingerprint density at radius 1 is 0.935 bits per heavy atom. The van der Waals surface area contributed by atoms with E-state index < -0.39 is 0 Å². The highest BCUT2D eigenvalue weighted by molar-refractivity contribution is 6.30. The summed E-state index contributed by atoms with van der Waals surface area (Å²) in [6, 6.07) is 20.3. The van der Waals surface area contributed by atoms with Crippen molar-refractivity contribution in [3.05, 3.63) is 101 Å². The van der Waals surface area contributed by atoms with Gasteiger partial charge in [0.25, 0.3) is 0 Å². The van der Waals surface area contributed by atoms with E-state index in [-0.39, 0.29) is 0 Å². The molecular formula is C27H30ClNO2. The van der Waals surface area contributed by atoms with Crippen LogP contribution in [-0.2, 0) is 26.0 Å². The van der Waals surface area contributed by atoms with Gasteiger partial charge in [-0.2, -0.15) is 0 Å². The zero-order valence-electron chi connectivity index (χ0n) is 18.3. The highest BCUT2D eigenvalue weighted by Gasteiger charge is 2.14. The molecule has 0 heterocycles. The van der Waals surface area contributed by atoms with Crippen molar-refractivity contribution in [1.29, 1.82) is 0 Å². The Labute approximate surface area is 190 Å². The Morgan fingerprint density at radius 2 is 1.71 bits per heavy atom. The fraction of sp³-hybridized carbons (Fsp3) is 0.259. The van der Waals surface area contributed by atoms with E-state index in [0.29, 0.717) is 31.2 Å². The van der Waals surface area contributed by atoms with Crippen LogP contribution in [0.4, 0.5) is 5.69 Å². The average molecular weight is 436 g/mol. The summed E-state index contributed by atoms with van der Waals surface area (Å²) >= 11 is 5.99. The molecule has 0 spiro atoms. The van der Waals surface area contributed by atoms with Crippen molar-refractivity contribution in [2.24, 2.45) is 0 Å². The first-order valence-electron chi connectivity index (χ1n) is 10.7. The van der Waals surface area contributed by atoms with Gasteiger partial charge in [0.05, 0.1) is 6.61 Å². The first-order valence-corrected chi connectivity index (χ1v) is 11.1. The van der Waals surface area contributed by atoms with Gasteiger partial charge >= 0.3 is 0 Å². The fourth-order valence-electron chi connectivity index (χ4n) is 3.49. The van der Waals surface area contributed by atoms with Crippen molar-refractivity contribution in [1.82, 2.24) is 0 Å². The number of benzene rings is 3. The summed E-state index contributed by atoms with van der Waals surface area (Å²) in [4.78, 5) is 0. The number of allylic oxidation sites excluding steroid dienone is 1. The van der Waals surface area contributed by atoms with Crippen molar-refractivity contribution in [2.75, 3.05) is 11.9 Å². The summed E-state index contributed by atoms with van der Waals surface area (Å²) < 4.78 is 12.2. The average Bonchev–Trinajstić information content (AvgIpc) is 2.79. The van der Waals surface area contributed by atoms with Gasteiger partial charge in [-0.25, -0.2) is 0 Å². The lowest BCUT2D eigenvalue weighted by molar-refractivity contribution is 0.267. The second-order valence-corrected chi connectivity index (χ2v) is 7.72. The minimum atomic E-state index is 0.447. The van der Waals surface area contributed by atoms with E-state index in [4.69, 9.17) is 21.1 Å². The van der Waals surface area contributed by atoms with Crippen LogP contribution in [-0.4, -0.2) is 6.61 Å². The zero-order chi connectivity index (χ0) is 22.1. The summed E-state index contributed by atoms with van der Waals surface area (Å²) in [6.07, 6.45) is 3.59. The van der Waals surface area contributed by atoms with Crippen LogP contribution in [0.3, 0.4) is 0 Å². The third-order valence-corrected chi connectivity index (χ3v) is 5.29. The number of hydrogen-bond acceptors (Lipinski definition) is 3. The van der Waals surface area contributed by atoms with Crippen LogP contribution < -0.4 is 14.8 Å². The maximum absolute atomic E-state index is 6.22. The topological polar surface area (TPSA) is 30.5 Å². The standard InChI is InChI=1S/C27H30ClNO2/c1-4-9-23-16-21(18-29-25-11-8-7-10-22(25)5-2)17-26(30-6-3)27(23)31-19-20-12-14-24(28)15-13-20/h4,7-8,10-17,29H,1,5-6,9,18-19H2,2-3H3. The van der Waals surface area contributed by atoms with Crippen molar-refractivity contribution in [2.45, 2.75) is 39.8 Å². The second-order valence-electron chi connectivity index (χ2n) is 7.29. The van der Waals surface area contributed by atoms with Gasteiger partial charge in [0, 0.05) is 22.8 Å². The van der Waals surface area contributed by atoms with E-state index in [0.717, 1.165) is 40.3 Å². The largest absolute Gasteiger partial charge is 0.490 e. The van der Waals surface area contributed by atoms with Gasteiger partial charge in [-0.05, 0) is 66.8 Å². The van der Waals surface area contributed by atoms with Crippen molar-refractivity contribution in [3.63, 3.8) is 0 Å². The number of hydrogen-bond donors (Lipinski definition) is 1. The third kappa shape index (κ3) is 6.28. The van der Waals surface area contributed by atoms with Crippen molar-refractivity contribution < 1.29 is 9.47 Å². The van der Waals surface area contributed by atoms with Crippen LogP contribution in [0.1, 0.15) is 36.1 Å². The predicted molar refractivity (Wildman–Crippen MR) is 130 cm³/mol. The smallest absolute Gasteiger partial charge is 0.165 e. The van der Waals surface area contributed by atoms with Gasteiger partial charge in [-0.1, -0.05) is 54.9 Å². The third-order valence-electron chi connectivity index (χ3n) is 5.03. The van der Waals surface area contributed by atoms with E-state index in [1.54, 1.807) is 0 Å². The van der Waals surface area contributed by atoms with Crippen LogP contribution in [0, 0.1) is 0 Å². The lowest BCUT2D eigenvalue weighted by atomic mass is 10.0. The van der Waals surface area contributed by atoms with Crippen LogP contribution in [0.2, 0.25) is 5.02 Å². The first-order chi connectivity index (χ1) is 15.1. The summed E-state index contributed by atoms with van der Waals surface area (Å²) in [6.45, 7) is 9.80. The quantitative estimate of drug-likeness (QED) is 0.322. The molecule has 3 aromatic carbocycles. The van der Waals surface area contributed by atoms with Crippen LogP contribution in [0.15, 0.2) is 73.3 Å². The van der Waals surface area contributed by atoms with Crippen molar-refractivity contribution >= 4 is 17.3 Å². The van der Waals surface area contributed by atoms with Crippen molar-refractivity contribution in [3.8, 4) is 11.5 Å². The van der Waals surface area contributed by atoms with E-state index >= 15 is 0 Å². The Morgan fingerprint density at radius 3 is 2.42 bits per heavy atom. The molecule has 3 nitrogen and oxygen atoms in total. The molecule has 0 aliphatic carbocycles. The van der Waals surface area contributed by atoms with E-state index in [9.17, 15) is 0 Å².